The molecule has 1 heteroatoms. The first-order valence-corrected chi connectivity index (χ1v) is 3.96. The van der Waals surface area contributed by atoms with Gasteiger partial charge in [0.15, 0.2) is 0 Å². The molecule has 0 aliphatic rings. The molecule has 1 unspecified atom stereocenters. The smallest absolute Gasteiger partial charge is 0.0893 e. The average molecular weight is 157 g/mol. The standard InChI is InChI=1S/C11H11N/c1-2-6-11(9-12)10-7-4-3-5-8-10/h2-8,11H,1H3. The zero-order valence-corrected chi connectivity index (χ0v) is 7.07. The first-order valence-electron chi connectivity index (χ1n) is 3.96. The second-order valence-electron chi connectivity index (χ2n) is 2.54. The van der Waals surface area contributed by atoms with Gasteiger partial charge in [0, 0.05) is 0 Å². The van der Waals surface area contributed by atoms with Gasteiger partial charge in [0.05, 0.1) is 12.0 Å². The topological polar surface area (TPSA) is 23.8 Å². The largest absolute Gasteiger partial charge is 0.197 e. The number of rotatable bonds is 2. The molecule has 0 radical (unpaired) electrons. The van der Waals surface area contributed by atoms with Crippen molar-refractivity contribution >= 4 is 0 Å². The summed E-state index contributed by atoms with van der Waals surface area (Å²) < 4.78 is 0. The van der Waals surface area contributed by atoms with Crippen molar-refractivity contribution < 1.29 is 0 Å². The quantitative estimate of drug-likeness (QED) is 0.605. The van der Waals surface area contributed by atoms with Crippen LogP contribution in [0.5, 0.6) is 0 Å². The van der Waals surface area contributed by atoms with E-state index in [0.29, 0.717) is 0 Å². The molecule has 0 bridgehead atoms. The van der Waals surface area contributed by atoms with Gasteiger partial charge in [0.2, 0.25) is 0 Å². The fourth-order valence-corrected chi connectivity index (χ4v) is 1.08. The molecule has 0 amide bonds. The maximum Gasteiger partial charge on any atom is 0.0893 e. The van der Waals surface area contributed by atoms with Gasteiger partial charge in [-0.3, -0.25) is 0 Å². The van der Waals surface area contributed by atoms with E-state index in [1.54, 1.807) is 0 Å². The highest BCUT2D eigenvalue weighted by atomic mass is 14.3. The molecular formula is C11H11N. The average Bonchev–Trinajstić information content (AvgIpc) is 2.15. The molecule has 0 aliphatic heterocycles. The highest BCUT2D eigenvalue weighted by Gasteiger charge is 2.03. The van der Waals surface area contributed by atoms with Gasteiger partial charge in [-0.05, 0) is 12.5 Å². The highest BCUT2D eigenvalue weighted by molar-refractivity contribution is 5.29. The van der Waals surface area contributed by atoms with Gasteiger partial charge in [0.1, 0.15) is 0 Å². The summed E-state index contributed by atoms with van der Waals surface area (Å²) in [5.74, 6) is -0.101. The maximum atomic E-state index is 8.81. The van der Waals surface area contributed by atoms with Gasteiger partial charge in [-0.1, -0.05) is 42.5 Å². The van der Waals surface area contributed by atoms with Gasteiger partial charge in [-0.15, -0.1) is 0 Å². The monoisotopic (exact) mass is 157 g/mol. The van der Waals surface area contributed by atoms with Crippen molar-refractivity contribution in [2.24, 2.45) is 0 Å². The van der Waals surface area contributed by atoms with Crippen LogP contribution in [-0.4, -0.2) is 0 Å². The van der Waals surface area contributed by atoms with E-state index in [1.165, 1.54) is 0 Å². The lowest BCUT2D eigenvalue weighted by Gasteiger charge is -2.01. The van der Waals surface area contributed by atoms with Crippen molar-refractivity contribution in [2.75, 3.05) is 0 Å². The molecule has 0 N–H and O–H groups in total. The third-order valence-corrected chi connectivity index (χ3v) is 1.68. The number of hydrogen-bond donors (Lipinski definition) is 0. The van der Waals surface area contributed by atoms with E-state index < -0.39 is 0 Å². The lowest BCUT2D eigenvalue weighted by atomic mass is 10.0. The summed E-state index contributed by atoms with van der Waals surface area (Å²) in [5, 5.41) is 8.81. The van der Waals surface area contributed by atoms with Crippen molar-refractivity contribution in [3.63, 3.8) is 0 Å². The molecule has 0 fully saturated rings. The first kappa shape index (κ1) is 8.55. The van der Waals surface area contributed by atoms with Gasteiger partial charge in [-0.25, -0.2) is 0 Å². The summed E-state index contributed by atoms with van der Waals surface area (Å²) >= 11 is 0. The van der Waals surface area contributed by atoms with Crippen LogP contribution in [0.15, 0.2) is 42.5 Å². The van der Waals surface area contributed by atoms with Crippen molar-refractivity contribution in [3.05, 3.63) is 48.0 Å². The van der Waals surface area contributed by atoms with Crippen molar-refractivity contribution in [1.82, 2.24) is 0 Å². The Kier molecular flexibility index (Phi) is 3.10. The van der Waals surface area contributed by atoms with Crippen LogP contribution >= 0.6 is 0 Å². The highest BCUT2D eigenvalue weighted by Crippen LogP contribution is 2.15. The van der Waals surface area contributed by atoms with E-state index in [1.807, 2.05) is 49.4 Å². The molecule has 0 heterocycles. The van der Waals surface area contributed by atoms with Crippen molar-refractivity contribution in [2.45, 2.75) is 12.8 Å². The minimum atomic E-state index is -0.101. The van der Waals surface area contributed by atoms with Crippen LogP contribution in [0, 0.1) is 11.3 Å². The zero-order valence-electron chi connectivity index (χ0n) is 7.07. The summed E-state index contributed by atoms with van der Waals surface area (Å²) in [4.78, 5) is 0. The summed E-state index contributed by atoms with van der Waals surface area (Å²) in [6.07, 6.45) is 3.80. The Balaban J connectivity index is 2.90. The molecule has 12 heavy (non-hydrogen) atoms. The molecule has 0 spiro atoms. The summed E-state index contributed by atoms with van der Waals surface area (Å²) in [6.45, 7) is 1.92. The minimum Gasteiger partial charge on any atom is -0.197 e. The lowest BCUT2D eigenvalue weighted by molar-refractivity contribution is 1.09. The van der Waals surface area contributed by atoms with E-state index in [9.17, 15) is 0 Å². The minimum absolute atomic E-state index is 0.101. The van der Waals surface area contributed by atoms with E-state index in [-0.39, 0.29) is 5.92 Å². The van der Waals surface area contributed by atoms with Crippen LogP contribution < -0.4 is 0 Å². The Morgan fingerprint density at radius 2 is 2.00 bits per heavy atom. The molecule has 1 atom stereocenters. The number of nitrogens with zero attached hydrogens (tertiary/aromatic N) is 1. The van der Waals surface area contributed by atoms with Crippen molar-refractivity contribution in [1.29, 1.82) is 5.26 Å². The van der Waals surface area contributed by atoms with Crippen LogP contribution in [0.4, 0.5) is 0 Å². The van der Waals surface area contributed by atoms with E-state index in [4.69, 9.17) is 5.26 Å². The van der Waals surface area contributed by atoms with Gasteiger partial charge in [0.25, 0.3) is 0 Å². The lowest BCUT2D eigenvalue weighted by Crippen LogP contribution is -1.89. The maximum absolute atomic E-state index is 8.81. The Bertz CT molecular complexity index is 293. The number of benzene rings is 1. The van der Waals surface area contributed by atoms with Gasteiger partial charge >= 0.3 is 0 Å². The molecule has 0 saturated heterocycles. The second-order valence-corrected chi connectivity index (χ2v) is 2.54. The summed E-state index contributed by atoms with van der Waals surface area (Å²) in [5.41, 5.74) is 1.05. The SMILES string of the molecule is CC=CC(C#N)c1ccccc1. The van der Waals surface area contributed by atoms with E-state index in [2.05, 4.69) is 6.07 Å². The van der Waals surface area contributed by atoms with Crippen LogP contribution in [-0.2, 0) is 0 Å². The van der Waals surface area contributed by atoms with Crippen LogP contribution in [0.3, 0.4) is 0 Å². The zero-order chi connectivity index (χ0) is 8.81. The molecule has 0 saturated carbocycles. The predicted octanol–water partition coefficient (Wildman–Crippen LogP) is 2.87. The van der Waals surface area contributed by atoms with Gasteiger partial charge in [-0.2, -0.15) is 5.26 Å². The Morgan fingerprint density at radius 3 is 2.50 bits per heavy atom. The molecule has 0 aromatic heterocycles. The Labute approximate surface area is 73.0 Å². The first-order chi connectivity index (χ1) is 5.88. The van der Waals surface area contributed by atoms with E-state index >= 15 is 0 Å². The summed E-state index contributed by atoms with van der Waals surface area (Å²) in [6, 6.07) is 12.0. The number of allylic oxidation sites excluding steroid dienone is 2. The molecule has 1 nitrogen and oxygen atoms in total. The van der Waals surface area contributed by atoms with Crippen LogP contribution in [0.25, 0.3) is 0 Å². The van der Waals surface area contributed by atoms with Crippen molar-refractivity contribution in [3.8, 4) is 6.07 Å². The van der Waals surface area contributed by atoms with Crippen LogP contribution in [0.2, 0.25) is 0 Å². The predicted molar refractivity (Wildman–Crippen MR) is 49.6 cm³/mol. The molecule has 1 aromatic carbocycles. The van der Waals surface area contributed by atoms with E-state index in [0.717, 1.165) is 5.56 Å². The fraction of sp³-hybridized carbons (Fsp3) is 0.182. The molecule has 1 aromatic rings. The molecular weight excluding hydrogens is 146 g/mol. The molecule has 1 rings (SSSR count). The molecule has 60 valence electrons. The fourth-order valence-electron chi connectivity index (χ4n) is 1.08. The molecule has 0 aliphatic carbocycles. The Hall–Kier alpha value is -1.55. The number of nitriles is 1. The van der Waals surface area contributed by atoms with Gasteiger partial charge < -0.3 is 0 Å². The Morgan fingerprint density at radius 1 is 1.33 bits per heavy atom. The normalized spacial score (nSPS) is 12.7. The van der Waals surface area contributed by atoms with Crippen LogP contribution in [0.1, 0.15) is 18.4 Å². The third-order valence-electron chi connectivity index (χ3n) is 1.68. The third kappa shape index (κ3) is 1.96. The summed E-state index contributed by atoms with van der Waals surface area (Å²) in [7, 11) is 0. The second kappa shape index (κ2) is 4.35. The number of hydrogen-bond acceptors (Lipinski definition) is 1.